The van der Waals surface area contributed by atoms with Crippen molar-refractivity contribution >= 4 is 29.1 Å². The number of methoxy groups -OCH3 is 1. The molecule has 3 amide bonds. The first kappa shape index (κ1) is 29.2. The minimum Gasteiger partial charge on any atom is -0.496 e. The third kappa shape index (κ3) is 5.76. The molecule has 1 aliphatic rings. The SMILES string of the molecule is CNC(C)C(=O)NC1C(=O)N(Cc2cc(-c3ccccc3F)ccc2OC)c2ccc(C#N)cc2N(C(C)=O)C1C. The van der Waals surface area contributed by atoms with Crippen molar-refractivity contribution < 1.29 is 23.5 Å². The van der Waals surface area contributed by atoms with Crippen LogP contribution in [0.25, 0.3) is 11.1 Å². The Morgan fingerprint density at radius 3 is 2.49 bits per heavy atom. The van der Waals surface area contributed by atoms with Crippen LogP contribution < -0.4 is 25.2 Å². The predicted molar refractivity (Wildman–Crippen MR) is 154 cm³/mol. The van der Waals surface area contributed by atoms with E-state index in [9.17, 15) is 24.0 Å². The fourth-order valence-corrected chi connectivity index (χ4v) is 5.02. The second-order valence-corrected chi connectivity index (χ2v) is 9.87. The molecule has 0 spiro atoms. The number of nitriles is 1. The van der Waals surface area contributed by atoms with Crippen molar-refractivity contribution in [3.8, 4) is 22.9 Å². The molecule has 0 aromatic heterocycles. The molecule has 0 saturated heterocycles. The molecule has 0 aliphatic carbocycles. The Morgan fingerprint density at radius 2 is 1.85 bits per heavy atom. The number of carbonyl (C=O) groups excluding carboxylic acids is 3. The van der Waals surface area contributed by atoms with Crippen molar-refractivity contribution in [3.63, 3.8) is 0 Å². The molecule has 10 heteroatoms. The maximum absolute atomic E-state index is 14.7. The van der Waals surface area contributed by atoms with Gasteiger partial charge in [-0.05, 0) is 62.9 Å². The molecular formula is C31H32FN5O4. The Morgan fingerprint density at radius 1 is 1.12 bits per heavy atom. The summed E-state index contributed by atoms with van der Waals surface area (Å²) in [7, 11) is 3.13. The highest BCUT2D eigenvalue weighted by Crippen LogP contribution is 2.39. The monoisotopic (exact) mass is 557 g/mol. The van der Waals surface area contributed by atoms with Crippen LogP contribution >= 0.6 is 0 Å². The maximum Gasteiger partial charge on any atom is 0.252 e. The molecule has 3 unspecified atom stereocenters. The van der Waals surface area contributed by atoms with E-state index in [-0.39, 0.29) is 12.5 Å². The van der Waals surface area contributed by atoms with Gasteiger partial charge in [0.1, 0.15) is 17.6 Å². The zero-order chi connectivity index (χ0) is 29.8. The highest BCUT2D eigenvalue weighted by molar-refractivity contribution is 6.08. The Balaban J connectivity index is 1.89. The molecule has 4 rings (SSSR count). The van der Waals surface area contributed by atoms with Gasteiger partial charge in [0.15, 0.2) is 0 Å². The molecular weight excluding hydrogens is 525 g/mol. The summed E-state index contributed by atoms with van der Waals surface area (Å²) < 4.78 is 20.3. The van der Waals surface area contributed by atoms with E-state index >= 15 is 0 Å². The minimum atomic E-state index is -1.11. The summed E-state index contributed by atoms with van der Waals surface area (Å²) in [6.07, 6.45) is 0. The molecule has 1 aliphatic heterocycles. The van der Waals surface area contributed by atoms with Crippen molar-refractivity contribution in [2.75, 3.05) is 24.0 Å². The van der Waals surface area contributed by atoms with E-state index in [1.165, 1.54) is 29.9 Å². The average molecular weight is 558 g/mol. The van der Waals surface area contributed by atoms with Crippen molar-refractivity contribution in [2.45, 2.75) is 45.4 Å². The van der Waals surface area contributed by atoms with Crippen LogP contribution in [0.3, 0.4) is 0 Å². The Hall–Kier alpha value is -4.75. The number of benzene rings is 3. The molecule has 212 valence electrons. The standard InChI is InChI=1S/C31H32FN5O4/c1-18(34-4)30(39)35-29-19(2)37(20(3)38)27-14-21(16-33)10-12-26(27)36(31(29)40)17-23-15-22(11-13-28(23)41-5)24-8-6-7-9-25(24)32/h6-15,18-19,29,34H,17H2,1-5H3,(H,35,39). The number of rotatable bonds is 7. The van der Waals surface area contributed by atoms with E-state index in [0.717, 1.165) is 0 Å². The summed E-state index contributed by atoms with van der Waals surface area (Å²) in [6, 6.07) is 15.9. The number of anilines is 2. The second kappa shape index (κ2) is 12.2. The highest BCUT2D eigenvalue weighted by atomic mass is 19.1. The minimum absolute atomic E-state index is 0.0182. The van der Waals surface area contributed by atoms with E-state index in [4.69, 9.17) is 4.74 Å². The summed E-state index contributed by atoms with van der Waals surface area (Å²) >= 11 is 0. The largest absolute Gasteiger partial charge is 0.496 e. The predicted octanol–water partition coefficient (Wildman–Crippen LogP) is 3.75. The van der Waals surface area contributed by atoms with Gasteiger partial charge in [-0.15, -0.1) is 0 Å². The van der Waals surface area contributed by atoms with Crippen LogP contribution in [0.1, 0.15) is 31.9 Å². The van der Waals surface area contributed by atoms with Crippen molar-refractivity contribution in [1.82, 2.24) is 10.6 Å². The topological polar surface area (TPSA) is 115 Å². The number of fused-ring (bicyclic) bond motifs is 1. The lowest BCUT2D eigenvalue weighted by Crippen LogP contribution is -2.59. The van der Waals surface area contributed by atoms with Crippen LogP contribution in [0, 0.1) is 17.1 Å². The van der Waals surface area contributed by atoms with Gasteiger partial charge in [0.2, 0.25) is 11.8 Å². The lowest BCUT2D eigenvalue weighted by molar-refractivity contribution is -0.129. The van der Waals surface area contributed by atoms with Gasteiger partial charge >= 0.3 is 0 Å². The Labute approximate surface area is 238 Å². The molecule has 2 N–H and O–H groups in total. The van der Waals surface area contributed by atoms with E-state index in [1.807, 2.05) is 0 Å². The summed E-state index contributed by atoms with van der Waals surface area (Å²) in [5.74, 6) is -1.15. The molecule has 1 heterocycles. The number of ether oxygens (including phenoxy) is 1. The molecule has 3 aromatic rings. The molecule has 3 atom stereocenters. The van der Waals surface area contributed by atoms with Crippen LogP contribution in [-0.2, 0) is 20.9 Å². The number of carbonyl (C=O) groups is 3. The quantitative estimate of drug-likeness (QED) is 0.457. The molecule has 3 aromatic carbocycles. The van der Waals surface area contributed by atoms with Crippen LogP contribution in [-0.4, -0.2) is 50.0 Å². The van der Waals surface area contributed by atoms with Crippen molar-refractivity contribution in [3.05, 3.63) is 77.6 Å². The maximum atomic E-state index is 14.7. The molecule has 0 bridgehead atoms. The molecule has 0 radical (unpaired) electrons. The van der Waals surface area contributed by atoms with Gasteiger partial charge in [-0.1, -0.05) is 24.3 Å². The van der Waals surface area contributed by atoms with Crippen molar-refractivity contribution in [2.24, 2.45) is 0 Å². The fraction of sp³-hybridized carbons (Fsp3) is 0.290. The van der Waals surface area contributed by atoms with Crippen LogP contribution in [0.15, 0.2) is 60.7 Å². The zero-order valence-electron chi connectivity index (χ0n) is 23.6. The van der Waals surface area contributed by atoms with Gasteiger partial charge in [-0.25, -0.2) is 4.39 Å². The number of hydrogen-bond donors (Lipinski definition) is 2. The van der Waals surface area contributed by atoms with E-state index in [0.29, 0.717) is 39.4 Å². The average Bonchev–Trinajstić information content (AvgIpc) is 3.05. The second-order valence-electron chi connectivity index (χ2n) is 9.87. The smallest absolute Gasteiger partial charge is 0.252 e. The molecule has 9 nitrogen and oxygen atoms in total. The summed E-state index contributed by atoms with van der Waals surface area (Å²) in [5.41, 5.74) is 2.61. The summed E-state index contributed by atoms with van der Waals surface area (Å²) in [5, 5.41) is 15.3. The van der Waals surface area contributed by atoms with Gasteiger partial charge < -0.3 is 25.2 Å². The summed E-state index contributed by atoms with van der Waals surface area (Å²) in [6.45, 7) is 4.69. The van der Waals surface area contributed by atoms with Crippen LogP contribution in [0.5, 0.6) is 5.75 Å². The number of amides is 3. The van der Waals surface area contributed by atoms with Gasteiger partial charge in [0, 0.05) is 18.1 Å². The first-order valence-electron chi connectivity index (χ1n) is 13.2. The van der Waals surface area contributed by atoms with Crippen LogP contribution in [0.2, 0.25) is 0 Å². The number of nitrogens with one attached hydrogen (secondary N) is 2. The van der Waals surface area contributed by atoms with Gasteiger partial charge in [0.25, 0.3) is 5.91 Å². The van der Waals surface area contributed by atoms with E-state index in [2.05, 4.69) is 16.7 Å². The third-order valence-electron chi connectivity index (χ3n) is 7.33. The number of hydrogen-bond acceptors (Lipinski definition) is 6. The molecule has 0 saturated carbocycles. The normalized spacial score (nSPS) is 17.2. The molecule has 41 heavy (non-hydrogen) atoms. The highest BCUT2D eigenvalue weighted by Gasteiger charge is 2.42. The number of nitrogens with zero attached hydrogens (tertiary/aromatic N) is 3. The summed E-state index contributed by atoms with van der Waals surface area (Å²) in [4.78, 5) is 43.1. The number of likely N-dealkylation sites (N-methyl/N-ethyl adjacent to an activating group) is 1. The molecule has 0 fully saturated rings. The first-order valence-corrected chi connectivity index (χ1v) is 13.2. The lowest BCUT2D eigenvalue weighted by atomic mass is 10.0. The number of halogens is 1. The van der Waals surface area contributed by atoms with Gasteiger partial charge in [-0.3, -0.25) is 14.4 Å². The Kier molecular flexibility index (Phi) is 8.69. The zero-order valence-corrected chi connectivity index (χ0v) is 23.6. The van der Waals surface area contributed by atoms with Crippen molar-refractivity contribution in [1.29, 1.82) is 5.26 Å². The third-order valence-corrected chi connectivity index (χ3v) is 7.33. The van der Waals surface area contributed by atoms with E-state index < -0.39 is 35.8 Å². The van der Waals surface area contributed by atoms with Gasteiger partial charge in [0.05, 0.1) is 48.7 Å². The van der Waals surface area contributed by atoms with E-state index in [1.54, 1.807) is 75.5 Å². The fourth-order valence-electron chi connectivity index (χ4n) is 5.02. The Bertz CT molecular complexity index is 1540. The van der Waals surface area contributed by atoms with Crippen LogP contribution in [0.4, 0.5) is 15.8 Å². The van der Waals surface area contributed by atoms with Gasteiger partial charge in [-0.2, -0.15) is 5.26 Å². The lowest BCUT2D eigenvalue weighted by Gasteiger charge is -2.32. The first-order chi connectivity index (χ1) is 19.6.